The zero-order valence-electron chi connectivity index (χ0n) is 11.1. The second kappa shape index (κ2) is 4.35. The number of hydrogen-bond donors (Lipinski definition) is 1. The molecule has 0 saturated heterocycles. The van der Waals surface area contributed by atoms with Crippen molar-refractivity contribution in [1.82, 2.24) is 0 Å². The summed E-state index contributed by atoms with van der Waals surface area (Å²) in [6, 6.07) is 9.70. The Morgan fingerprint density at radius 2 is 1.89 bits per heavy atom. The summed E-state index contributed by atoms with van der Waals surface area (Å²) >= 11 is 6.00. The molecule has 0 unspecified atom stereocenters. The third kappa shape index (κ3) is 2.00. The molecule has 19 heavy (non-hydrogen) atoms. The van der Waals surface area contributed by atoms with Crippen LogP contribution >= 0.6 is 11.6 Å². The van der Waals surface area contributed by atoms with Gasteiger partial charge in [-0.25, -0.2) is 0 Å². The van der Waals surface area contributed by atoms with Crippen LogP contribution in [-0.4, -0.2) is 14.1 Å². The lowest BCUT2D eigenvalue weighted by Gasteiger charge is -2.26. The lowest BCUT2D eigenvalue weighted by atomic mass is 10.1. The van der Waals surface area contributed by atoms with Crippen molar-refractivity contribution >= 4 is 28.7 Å². The quantitative estimate of drug-likeness (QED) is 0.704. The number of anilines is 3. The first-order chi connectivity index (χ1) is 9.06. The number of nitrogens with one attached hydrogen (secondary N) is 1. The summed E-state index contributed by atoms with van der Waals surface area (Å²) < 4.78 is 6.01. The number of ether oxygens (including phenoxy) is 1. The van der Waals surface area contributed by atoms with Gasteiger partial charge in [0.25, 0.3) is 0 Å². The Bertz CT molecular complexity index is 653. The van der Waals surface area contributed by atoms with Crippen LogP contribution in [0.3, 0.4) is 0 Å². The molecule has 98 valence electrons. The third-order valence-electron chi connectivity index (χ3n) is 3.28. The lowest BCUT2D eigenvalue weighted by Crippen LogP contribution is -2.12. The van der Waals surface area contributed by atoms with Crippen molar-refractivity contribution in [2.75, 3.05) is 24.3 Å². The van der Waals surface area contributed by atoms with Crippen LogP contribution < -0.4 is 15.0 Å². The Morgan fingerprint density at radius 3 is 2.63 bits per heavy atom. The maximum atomic E-state index is 6.01. The fraction of sp³-hybridized carbons (Fsp3) is 0.200. The number of nitrogens with zero attached hydrogens (tertiary/aromatic N) is 1. The van der Waals surface area contributed by atoms with Crippen LogP contribution in [0.15, 0.2) is 30.3 Å². The first-order valence-corrected chi connectivity index (χ1v) is 6.49. The van der Waals surface area contributed by atoms with Crippen LogP contribution in [-0.2, 0) is 0 Å². The Kier molecular flexibility index (Phi) is 2.79. The zero-order chi connectivity index (χ0) is 13.6. The second-order valence-corrected chi connectivity index (χ2v) is 5.28. The normalized spacial score (nSPS) is 12.0. The minimum absolute atomic E-state index is 0.694. The van der Waals surface area contributed by atoms with Crippen LogP contribution in [0, 0.1) is 6.92 Å². The van der Waals surface area contributed by atoms with E-state index in [4.69, 9.17) is 16.3 Å². The SMILES string of the molecule is Cc1c(N(C)C)ccc2c1Oc1ccc(Cl)cc1N2. The van der Waals surface area contributed by atoms with Gasteiger partial charge in [-0.1, -0.05) is 11.6 Å². The van der Waals surface area contributed by atoms with Crippen LogP contribution in [0.25, 0.3) is 0 Å². The largest absolute Gasteiger partial charge is 0.453 e. The maximum absolute atomic E-state index is 6.01. The van der Waals surface area contributed by atoms with Gasteiger partial charge in [0.1, 0.15) is 0 Å². The fourth-order valence-corrected chi connectivity index (χ4v) is 2.51. The van der Waals surface area contributed by atoms with Crippen LogP contribution in [0.2, 0.25) is 5.02 Å². The van der Waals surface area contributed by atoms with E-state index < -0.39 is 0 Å². The van der Waals surface area contributed by atoms with E-state index in [-0.39, 0.29) is 0 Å². The molecule has 2 aromatic carbocycles. The molecule has 3 nitrogen and oxygen atoms in total. The molecule has 1 N–H and O–H groups in total. The Morgan fingerprint density at radius 1 is 1.11 bits per heavy atom. The molecular weight excluding hydrogens is 260 g/mol. The minimum Gasteiger partial charge on any atom is -0.453 e. The number of halogens is 1. The molecule has 2 aromatic rings. The molecule has 0 spiro atoms. The average Bonchev–Trinajstić information content (AvgIpc) is 2.37. The molecule has 0 atom stereocenters. The summed E-state index contributed by atoms with van der Waals surface area (Å²) in [6.45, 7) is 2.07. The first kappa shape index (κ1) is 12.2. The highest BCUT2D eigenvalue weighted by atomic mass is 35.5. The number of rotatable bonds is 1. The molecule has 1 heterocycles. The highest BCUT2D eigenvalue weighted by Gasteiger charge is 2.20. The van der Waals surface area contributed by atoms with Gasteiger partial charge < -0.3 is 15.0 Å². The van der Waals surface area contributed by atoms with Gasteiger partial charge in [0.2, 0.25) is 0 Å². The van der Waals surface area contributed by atoms with Gasteiger partial charge in [-0.3, -0.25) is 0 Å². The molecule has 1 aliphatic heterocycles. The van der Waals surface area contributed by atoms with E-state index in [1.54, 1.807) is 0 Å². The summed E-state index contributed by atoms with van der Waals surface area (Å²) in [5, 5.41) is 4.05. The van der Waals surface area contributed by atoms with Crippen LogP contribution in [0.1, 0.15) is 5.56 Å². The summed E-state index contributed by atoms with van der Waals surface area (Å²) in [7, 11) is 4.05. The summed E-state index contributed by atoms with van der Waals surface area (Å²) in [6.07, 6.45) is 0. The predicted molar refractivity (Wildman–Crippen MR) is 80.3 cm³/mol. The van der Waals surface area contributed by atoms with Gasteiger partial charge in [0, 0.05) is 30.4 Å². The van der Waals surface area contributed by atoms with Crippen molar-refractivity contribution < 1.29 is 4.74 Å². The van der Waals surface area contributed by atoms with E-state index in [1.165, 1.54) is 0 Å². The van der Waals surface area contributed by atoms with Crippen molar-refractivity contribution in [3.05, 3.63) is 40.9 Å². The molecule has 0 saturated carbocycles. The van der Waals surface area contributed by atoms with Crippen molar-refractivity contribution in [2.45, 2.75) is 6.92 Å². The molecule has 0 aromatic heterocycles. The molecule has 0 aliphatic carbocycles. The van der Waals surface area contributed by atoms with Gasteiger partial charge in [-0.15, -0.1) is 0 Å². The first-order valence-electron chi connectivity index (χ1n) is 6.11. The highest BCUT2D eigenvalue weighted by molar-refractivity contribution is 6.31. The van der Waals surface area contributed by atoms with E-state index in [1.807, 2.05) is 38.4 Å². The van der Waals surface area contributed by atoms with Crippen LogP contribution in [0.5, 0.6) is 11.5 Å². The molecule has 0 radical (unpaired) electrons. The molecular formula is C15H15ClN2O. The highest BCUT2D eigenvalue weighted by Crippen LogP contribution is 2.46. The Balaban J connectivity index is 2.09. The number of hydrogen-bond acceptors (Lipinski definition) is 3. The summed E-state index contributed by atoms with van der Waals surface area (Å²) in [5.74, 6) is 1.68. The maximum Gasteiger partial charge on any atom is 0.155 e. The zero-order valence-corrected chi connectivity index (χ0v) is 11.9. The summed E-state index contributed by atoms with van der Waals surface area (Å²) in [4.78, 5) is 2.08. The van der Waals surface area contributed by atoms with Gasteiger partial charge in [0.05, 0.1) is 11.4 Å². The molecule has 0 bridgehead atoms. The molecule has 1 aliphatic rings. The minimum atomic E-state index is 0.694. The smallest absolute Gasteiger partial charge is 0.155 e. The van der Waals surface area contributed by atoms with Crippen molar-refractivity contribution in [2.24, 2.45) is 0 Å². The fourth-order valence-electron chi connectivity index (χ4n) is 2.34. The third-order valence-corrected chi connectivity index (χ3v) is 3.52. The monoisotopic (exact) mass is 274 g/mol. The summed E-state index contributed by atoms with van der Waals surface area (Å²) in [5.41, 5.74) is 4.14. The average molecular weight is 275 g/mol. The molecule has 0 fully saturated rings. The second-order valence-electron chi connectivity index (χ2n) is 4.85. The van der Waals surface area contributed by atoms with Crippen molar-refractivity contribution in [3.63, 3.8) is 0 Å². The predicted octanol–water partition coefficient (Wildman–Crippen LogP) is 4.56. The van der Waals surface area contributed by atoms with Crippen molar-refractivity contribution in [3.8, 4) is 11.5 Å². The van der Waals surface area contributed by atoms with Crippen molar-refractivity contribution in [1.29, 1.82) is 0 Å². The molecule has 4 heteroatoms. The van der Waals surface area contributed by atoms with Gasteiger partial charge in [-0.05, 0) is 37.3 Å². The van der Waals surface area contributed by atoms with E-state index in [9.17, 15) is 0 Å². The van der Waals surface area contributed by atoms with E-state index in [0.717, 1.165) is 34.1 Å². The Labute approximate surface area is 117 Å². The molecule has 3 rings (SSSR count). The van der Waals surface area contributed by atoms with Gasteiger partial charge in [-0.2, -0.15) is 0 Å². The van der Waals surface area contributed by atoms with Gasteiger partial charge in [0.15, 0.2) is 11.5 Å². The Hall–Kier alpha value is -1.87. The standard InChI is InChI=1S/C15H15ClN2O/c1-9-13(18(2)3)6-5-11-15(9)19-14-7-4-10(16)8-12(14)17-11/h4-8,17H,1-3H3. The lowest BCUT2D eigenvalue weighted by molar-refractivity contribution is 0.477. The van der Waals surface area contributed by atoms with E-state index in [2.05, 4.69) is 23.2 Å². The van der Waals surface area contributed by atoms with Crippen LogP contribution in [0.4, 0.5) is 17.1 Å². The topological polar surface area (TPSA) is 24.5 Å². The van der Waals surface area contributed by atoms with Gasteiger partial charge >= 0.3 is 0 Å². The number of benzene rings is 2. The van der Waals surface area contributed by atoms with E-state index in [0.29, 0.717) is 5.02 Å². The molecule has 0 amide bonds. The number of fused-ring (bicyclic) bond motifs is 2. The van der Waals surface area contributed by atoms with E-state index >= 15 is 0 Å².